The molecule has 1 saturated heterocycles. The summed E-state index contributed by atoms with van der Waals surface area (Å²) in [5.74, 6) is 1.41. The summed E-state index contributed by atoms with van der Waals surface area (Å²) < 4.78 is 5.68. The molecule has 3 N–H and O–H groups in total. The molecule has 1 aliphatic rings. The highest BCUT2D eigenvalue weighted by Crippen LogP contribution is 2.22. The maximum atomic E-state index is 5.68. The monoisotopic (exact) mass is 228 g/mol. The molecule has 96 valence electrons. The SMILES string of the molecule is CCC(CN)CCNCC1CCOC1CC. The lowest BCUT2D eigenvalue weighted by molar-refractivity contribution is 0.0872. The summed E-state index contributed by atoms with van der Waals surface area (Å²) in [6.07, 6.45) is 5.26. The van der Waals surface area contributed by atoms with Gasteiger partial charge in [-0.2, -0.15) is 0 Å². The van der Waals surface area contributed by atoms with E-state index in [-0.39, 0.29) is 0 Å². The Balaban J connectivity index is 2.06. The molecule has 0 aromatic carbocycles. The molecule has 0 saturated carbocycles. The van der Waals surface area contributed by atoms with Gasteiger partial charge in [0, 0.05) is 13.2 Å². The molecule has 1 heterocycles. The fourth-order valence-corrected chi connectivity index (χ4v) is 2.46. The van der Waals surface area contributed by atoms with Crippen LogP contribution in [0.15, 0.2) is 0 Å². The minimum atomic E-state index is 0.490. The normalized spacial score (nSPS) is 27.2. The molecule has 1 rings (SSSR count). The molecular weight excluding hydrogens is 200 g/mol. The fourth-order valence-electron chi connectivity index (χ4n) is 2.46. The predicted molar refractivity (Wildman–Crippen MR) is 68.5 cm³/mol. The van der Waals surface area contributed by atoms with Gasteiger partial charge in [-0.1, -0.05) is 20.3 Å². The maximum absolute atomic E-state index is 5.68. The number of ether oxygens (including phenoxy) is 1. The molecule has 0 aliphatic carbocycles. The van der Waals surface area contributed by atoms with Gasteiger partial charge in [0.05, 0.1) is 6.10 Å². The van der Waals surface area contributed by atoms with E-state index in [1.54, 1.807) is 0 Å². The van der Waals surface area contributed by atoms with Crippen LogP contribution in [0.4, 0.5) is 0 Å². The first-order valence-corrected chi connectivity index (χ1v) is 6.84. The first kappa shape index (κ1) is 13.9. The molecule has 3 unspecified atom stereocenters. The van der Waals surface area contributed by atoms with Crippen molar-refractivity contribution in [2.24, 2.45) is 17.6 Å². The molecular formula is C13H28N2O. The third-order valence-electron chi connectivity index (χ3n) is 3.80. The smallest absolute Gasteiger partial charge is 0.0613 e. The third-order valence-corrected chi connectivity index (χ3v) is 3.80. The van der Waals surface area contributed by atoms with E-state index < -0.39 is 0 Å². The standard InChI is InChI=1S/C13H28N2O/c1-3-11(9-14)5-7-15-10-12-6-8-16-13(12)4-2/h11-13,15H,3-10,14H2,1-2H3. The topological polar surface area (TPSA) is 47.3 Å². The summed E-state index contributed by atoms with van der Waals surface area (Å²) in [6, 6.07) is 0. The van der Waals surface area contributed by atoms with E-state index in [2.05, 4.69) is 19.2 Å². The van der Waals surface area contributed by atoms with Crippen LogP contribution in [0.25, 0.3) is 0 Å². The minimum absolute atomic E-state index is 0.490. The molecule has 3 nitrogen and oxygen atoms in total. The van der Waals surface area contributed by atoms with Crippen molar-refractivity contribution in [3.63, 3.8) is 0 Å². The Labute approximate surface area is 100 Å². The van der Waals surface area contributed by atoms with Crippen LogP contribution in [0.3, 0.4) is 0 Å². The first-order valence-electron chi connectivity index (χ1n) is 6.84. The van der Waals surface area contributed by atoms with Crippen molar-refractivity contribution < 1.29 is 4.74 Å². The van der Waals surface area contributed by atoms with Crippen LogP contribution in [0.5, 0.6) is 0 Å². The zero-order valence-corrected chi connectivity index (χ0v) is 10.9. The number of nitrogens with two attached hydrogens (primary N) is 1. The Hall–Kier alpha value is -0.120. The van der Waals surface area contributed by atoms with E-state index in [0.29, 0.717) is 12.0 Å². The van der Waals surface area contributed by atoms with Crippen LogP contribution in [-0.2, 0) is 4.74 Å². The zero-order chi connectivity index (χ0) is 11.8. The van der Waals surface area contributed by atoms with E-state index in [0.717, 1.165) is 38.6 Å². The number of nitrogens with one attached hydrogen (secondary N) is 1. The Morgan fingerprint density at radius 1 is 1.44 bits per heavy atom. The van der Waals surface area contributed by atoms with Crippen molar-refractivity contribution in [2.75, 3.05) is 26.2 Å². The number of rotatable bonds is 8. The van der Waals surface area contributed by atoms with Crippen molar-refractivity contribution in [3.8, 4) is 0 Å². The Morgan fingerprint density at radius 2 is 2.25 bits per heavy atom. The summed E-state index contributed by atoms with van der Waals surface area (Å²) in [4.78, 5) is 0. The minimum Gasteiger partial charge on any atom is -0.378 e. The second-order valence-corrected chi connectivity index (χ2v) is 4.87. The second kappa shape index (κ2) is 8.04. The van der Waals surface area contributed by atoms with Gasteiger partial charge < -0.3 is 15.8 Å². The van der Waals surface area contributed by atoms with Crippen molar-refractivity contribution in [3.05, 3.63) is 0 Å². The molecule has 0 amide bonds. The van der Waals surface area contributed by atoms with Gasteiger partial charge in [0.2, 0.25) is 0 Å². The Bertz CT molecular complexity index is 171. The highest BCUT2D eigenvalue weighted by Gasteiger charge is 2.25. The molecule has 0 spiro atoms. The summed E-state index contributed by atoms with van der Waals surface area (Å²) in [5.41, 5.74) is 5.68. The lowest BCUT2D eigenvalue weighted by Gasteiger charge is -2.18. The van der Waals surface area contributed by atoms with Crippen LogP contribution in [-0.4, -0.2) is 32.3 Å². The Kier molecular flexibility index (Phi) is 7.01. The van der Waals surface area contributed by atoms with Crippen molar-refractivity contribution >= 4 is 0 Å². The molecule has 3 heteroatoms. The lowest BCUT2D eigenvalue weighted by atomic mass is 9.99. The van der Waals surface area contributed by atoms with Crippen LogP contribution < -0.4 is 11.1 Å². The summed E-state index contributed by atoms with van der Waals surface area (Å²) in [7, 11) is 0. The lowest BCUT2D eigenvalue weighted by Crippen LogP contribution is -2.30. The largest absolute Gasteiger partial charge is 0.378 e. The van der Waals surface area contributed by atoms with E-state index in [1.165, 1.54) is 19.3 Å². The second-order valence-electron chi connectivity index (χ2n) is 4.87. The summed E-state index contributed by atoms with van der Waals surface area (Å²) in [6.45, 7) is 8.41. The molecule has 0 aromatic heterocycles. The van der Waals surface area contributed by atoms with E-state index in [1.807, 2.05) is 0 Å². The number of hydrogen-bond donors (Lipinski definition) is 2. The van der Waals surface area contributed by atoms with Gasteiger partial charge in [-0.3, -0.25) is 0 Å². The molecule has 1 aliphatic heterocycles. The van der Waals surface area contributed by atoms with E-state index in [4.69, 9.17) is 10.5 Å². The van der Waals surface area contributed by atoms with Crippen LogP contribution in [0.2, 0.25) is 0 Å². The number of hydrogen-bond acceptors (Lipinski definition) is 3. The van der Waals surface area contributed by atoms with Gasteiger partial charge in [0.1, 0.15) is 0 Å². The molecule has 1 fully saturated rings. The van der Waals surface area contributed by atoms with Gasteiger partial charge in [0.25, 0.3) is 0 Å². The summed E-state index contributed by atoms with van der Waals surface area (Å²) in [5, 5.41) is 3.56. The highest BCUT2D eigenvalue weighted by atomic mass is 16.5. The average Bonchev–Trinajstić information content (AvgIpc) is 2.77. The molecule has 0 radical (unpaired) electrons. The van der Waals surface area contributed by atoms with Gasteiger partial charge in [-0.25, -0.2) is 0 Å². The average molecular weight is 228 g/mol. The van der Waals surface area contributed by atoms with Crippen molar-refractivity contribution in [2.45, 2.75) is 45.6 Å². The molecule has 0 aromatic rings. The van der Waals surface area contributed by atoms with E-state index in [9.17, 15) is 0 Å². The van der Waals surface area contributed by atoms with E-state index >= 15 is 0 Å². The van der Waals surface area contributed by atoms with Crippen LogP contribution >= 0.6 is 0 Å². The first-order chi connectivity index (χ1) is 7.81. The van der Waals surface area contributed by atoms with Gasteiger partial charge >= 0.3 is 0 Å². The van der Waals surface area contributed by atoms with Crippen LogP contribution in [0, 0.1) is 11.8 Å². The molecule has 3 atom stereocenters. The molecule has 16 heavy (non-hydrogen) atoms. The predicted octanol–water partition coefficient (Wildman–Crippen LogP) is 1.77. The van der Waals surface area contributed by atoms with Crippen molar-refractivity contribution in [1.29, 1.82) is 0 Å². The van der Waals surface area contributed by atoms with Gasteiger partial charge in [-0.05, 0) is 44.2 Å². The van der Waals surface area contributed by atoms with Crippen LogP contribution in [0.1, 0.15) is 39.5 Å². The maximum Gasteiger partial charge on any atom is 0.0613 e. The van der Waals surface area contributed by atoms with Crippen molar-refractivity contribution in [1.82, 2.24) is 5.32 Å². The summed E-state index contributed by atoms with van der Waals surface area (Å²) >= 11 is 0. The quantitative estimate of drug-likeness (QED) is 0.622. The highest BCUT2D eigenvalue weighted by molar-refractivity contribution is 4.77. The fraction of sp³-hybridized carbons (Fsp3) is 1.00. The van der Waals surface area contributed by atoms with Gasteiger partial charge in [0.15, 0.2) is 0 Å². The Morgan fingerprint density at radius 3 is 2.88 bits per heavy atom. The molecule has 0 bridgehead atoms. The zero-order valence-electron chi connectivity index (χ0n) is 10.9. The van der Waals surface area contributed by atoms with Gasteiger partial charge in [-0.15, -0.1) is 0 Å². The third kappa shape index (κ3) is 4.40.